The van der Waals surface area contributed by atoms with E-state index in [1.807, 2.05) is 0 Å². The lowest BCUT2D eigenvalue weighted by Gasteiger charge is -2.74. The Morgan fingerprint density at radius 1 is 0.618 bits per heavy atom. The second-order valence-corrected chi connectivity index (χ2v) is 25.1. The third-order valence-corrected chi connectivity index (χ3v) is 19.8. The van der Waals surface area contributed by atoms with Crippen LogP contribution in [0.4, 0.5) is 45.5 Å². The van der Waals surface area contributed by atoms with Crippen LogP contribution in [0.1, 0.15) is 61.8 Å². The Bertz CT molecular complexity index is 3230. The number of nitrogens with zero attached hydrogens (tertiary/aromatic N) is 3. The molecule has 7 aromatic rings. The average molecular weight is 898 g/mol. The minimum atomic E-state index is -1.31. The summed E-state index contributed by atoms with van der Waals surface area (Å²) in [6, 6.07) is 61.4. The van der Waals surface area contributed by atoms with Gasteiger partial charge in [0.1, 0.15) is 0 Å². The highest BCUT2D eigenvalue weighted by Crippen LogP contribution is 2.79. The monoisotopic (exact) mass is 897 g/mol. The molecule has 0 N–H and O–H groups in total. The van der Waals surface area contributed by atoms with Crippen LogP contribution in [0.15, 0.2) is 175 Å². The summed E-state index contributed by atoms with van der Waals surface area (Å²) in [7, 11) is -1.31. The molecular weight excluding hydrogens is 838 g/mol. The first kappa shape index (κ1) is 40.7. The fourth-order valence-corrected chi connectivity index (χ4v) is 16.4. The Morgan fingerprint density at radius 2 is 1.26 bits per heavy atom. The van der Waals surface area contributed by atoms with Gasteiger partial charge in [0.25, 0.3) is 6.71 Å². The van der Waals surface area contributed by atoms with Gasteiger partial charge in [0, 0.05) is 50.9 Å². The van der Waals surface area contributed by atoms with Crippen LogP contribution in [0.5, 0.6) is 0 Å². The number of fused-ring (bicyclic) bond motifs is 10. The molecule has 5 aliphatic carbocycles. The maximum absolute atomic E-state index is 2.91. The molecule has 2 heterocycles. The van der Waals surface area contributed by atoms with Crippen molar-refractivity contribution in [2.24, 2.45) is 29.6 Å². The number of aryl methyl sites for hydroxylation is 2. The number of para-hydroxylation sites is 2. The number of rotatable bonds is 6. The Labute approximate surface area is 405 Å². The van der Waals surface area contributed by atoms with Gasteiger partial charge in [-0.15, -0.1) is 0 Å². The summed E-state index contributed by atoms with van der Waals surface area (Å²) in [6.45, 7) is 14.5. The van der Waals surface area contributed by atoms with Crippen LogP contribution in [0.3, 0.4) is 0 Å². The lowest BCUT2D eigenvalue weighted by atomic mass is 9.29. The fraction of sp³-hybridized carbons (Fsp3) is 0.270. The van der Waals surface area contributed by atoms with Crippen LogP contribution in [0.25, 0.3) is 5.57 Å². The molecular formula is C63H60BN3Si. The molecule has 3 saturated carbocycles. The fourth-order valence-electron chi connectivity index (χ4n) is 15.4. The maximum Gasteiger partial charge on any atom is 0.252 e. The third kappa shape index (κ3) is 5.48. The molecule has 2 aliphatic heterocycles. The van der Waals surface area contributed by atoms with E-state index in [0.29, 0.717) is 0 Å². The first-order valence-electron chi connectivity index (χ1n) is 25.7. The van der Waals surface area contributed by atoms with Crippen molar-refractivity contribution in [2.45, 2.75) is 77.9 Å². The van der Waals surface area contributed by atoms with Crippen LogP contribution in [0.2, 0.25) is 13.1 Å². The molecule has 7 aromatic carbocycles. The lowest BCUT2D eigenvalue weighted by molar-refractivity contribution is -0.194. The molecule has 5 heteroatoms. The van der Waals surface area contributed by atoms with Gasteiger partial charge in [0.05, 0.1) is 14.8 Å². The van der Waals surface area contributed by atoms with E-state index in [9.17, 15) is 0 Å². The molecule has 3 fully saturated rings. The van der Waals surface area contributed by atoms with E-state index in [4.69, 9.17) is 0 Å². The molecule has 14 rings (SSSR count). The van der Waals surface area contributed by atoms with Crippen molar-refractivity contribution in [3.8, 4) is 0 Å². The van der Waals surface area contributed by atoms with Crippen molar-refractivity contribution >= 4 is 88.2 Å². The molecule has 0 aromatic heterocycles. The Morgan fingerprint density at radius 3 is 2.01 bits per heavy atom. The smallest absolute Gasteiger partial charge is 0.252 e. The first-order valence-corrected chi connectivity index (χ1v) is 28.6. The van der Waals surface area contributed by atoms with Crippen LogP contribution < -0.4 is 36.3 Å². The molecule has 68 heavy (non-hydrogen) atoms. The molecule has 0 amide bonds. The number of hydrogen-bond donors (Lipinski definition) is 0. The molecule has 1 spiro atoms. The minimum Gasteiger partial charge on any atom is -0.334 e. The zero-order valence-corrected chi connectivity index (χ0v) is 41.5. The van der Waals surface area contributed by atoms with Gasteiger partial charge < -0.3 is 14.7 Å². The summed E-state index contributed by atoms with van der Waals surface area (Å²) in [6.07, 6.45) is 7.82. The highest BCUT2D eigenvalue weighted by atomic mass is 28.3. The highest BCUT2D eigenvalue weighted by molar-refractivity contribution is 7.00. The predicted octanol–water partition coefficient (Wildman–Crippen LogP) is 13.0. The highest BCUT2D eigenvalue weighted by Gasteiger charge is 2.74. The first-order chi connectivity index (χ1) is 33.2. The molecule has 7 aliphatic rings. The maximum atomic E-state index is 2.91. The van der Waals surface area contributed by atoms with Gasteiger partial charge in [0.2, 0.25) is 0 Å². The Kier molecular flexibility index (Phi) is 8.90. The van der Waals surface area contributed by atoms with Crippen molar-refractivity contribution in [3.63, 3.8) is 0 Å². The second kappa shape index (κ2) is 14.9. The van der Waals surface area contributed by atoms with E-state index in [0.717, 1.165) is 36.0 Å². The van der Waals surface area contributed by atoms with Crippen LogP contribution in [-0.2, 0) is 5.41 Å². The van der Waals surface area contributed by atoms with E-state index in [2.05, 4.69) is 219 Å². The summed E-state index contributed by atoms with van der Waals surface area (Å²) in [5.74, 6) is 4.07. The van der Waals surface area contributed by atoms with Gasteiger partial charge in [0.15, 0.2) is 0 Å². The van der Waals surface area contributed by atoms with Crippen LogP contribution in [0, 0.1) is 43.4 Å². The molecule has 334 valence electrons. The van der Waals surface area contributed by atoms with Gasteiger partial charge in [-0.2, -0.15) is 0 Å². The second-order valence-electron chi connectivity index (χ2n) is 22.1. The van der Waals surface area contributed by atoms with Crippen molar-refractivity contribution in [1.29, 1.82) is 0 Å². The zero-order valence-electron chi connectivity index (χ0n) is 40.4. The molecule has 3 nitrogen and oxygen atoms in total. The van der Waals surface area contributed by atoms with Crippen LogP contribution in [-0.4, -0.2) is 21.6 Å². The van der Waals surface area contributed by atoms with E-state index in [-0.39, 0.29) is 18.2 Å². The summed E-state index contributed by atoms with van der Waals surface area (Å²) in [4.78, 5) is 7.99. The zero-order chi connectivity index (χ0) is 45.7. The standard InChI is InChI=1S/C63H60BN3Si/c1-38-20-25-44(26-21-38)65(45-27-22-39(2)23-28-45)46-29-30-53-56(35-46)67(58-37-47(68(5)6)36-57-62(58)64(53)52-18-12-13-19-54(52)66(57)43-14-8-7-9-15-43)55-31-24-41(4)61-60(55)48-16-10-11-17-49(48)63(61)50-33-40(3)32-42-34-51(63)59(42)50/h7-30,35-37,40,42,50-51,55,59,68H,31-34H2,1-6H3. The lowest BCUT2D eigenvalue weighted by Crippen LogP contribution is -2.70. The van der Waals surface area contributed by atoms with Gasteiger partial charge >= 0.3 is 0 Å². The predicted molar refractivity (Wildman–Crippen MR) is 291 cm³/mol. The topological polar surface area (TPSA) is 9.72 Å². The average Bonchev–Trinajstić information content (AvgIpc) is 3.67. The largest absolute Gasteiger partial charge is 0.334 e. The van der Waals surface area contributed by atoms with Crippen LogP contribution >= 0.6 is 0 Å². The molecule has 7 atom stereocenters. The Balaban J connectivity index is 1.06. The van der Waals surface area contributed by atoms with E-state index in [1.54, 1.807) is 16.7 Å². The van der Waals surface area contributed by atoms with E-state index in [1.165, 1.54) is 109 Å². The van der Waals surface area contributed by atoms with Gasteiger partial charge in [-0.25, -0.2) is 0 Å². The molecule has 0 bridgehead atoms. The van der Waals surface area contributed by atoms with Gasteiger partial charge in [-0.3, -0.25) is 0 Å². The van der Waals surface area contributed by atoms with Crippen molar-refractivity contribution < 1.29 is 0 Å². The summed E-state index contributed by atoms with van der Waals surface area (Å²) in [5, 5.41) is 1.52. The number of benzene rings is 7. The molecule has 0 radical (unpaired) electrons. The van der Waals surface area contributed by atoms with Crippen molar-refractivity contribution in [3.05, 3.63) is 197 Å². The number of anilines is 8. The SMILES string of the molecule is CC1=CCC(N2c3cc(N(c4ccc(C)cc4)c4ccc(C)cc4)ccc3B3c4ccccc4N(c4ccccc4)c4cc([SiH](C)C)cc2c43)C2=C1C1(c3ccccc32)C2CC(C)CC3CC1C32. The summed E-state index contributed by atoms with van der Waals surface area (Å²) in [5.41, 5.74) is 25.0. The van der Waals surface area contributed by atoms with E-state index >= 15 is 0 Å². The Hall–Kier alpha value is -6.30. The molecule has 0 saturated heterocycles. The summed E-state index contributed by atoms with van der Waals surface area (Å²) >= 11 is 0. The number of allylic oxidation sites excluding steroid dienone is 2. The summed E-state index contributed by atoms with van der Waals surface area (Å²) < 4.78 is 0. The number of hydrogen-bond acceptors (Lipinski definition) is 3. The van der Waals surface area contributed by atoms with Crippen molar-refractivity contribution in [1.82, 2.24) is 0 Å². The van der Waals surface area contributed by atoms with Gasteiger partial charge in [-0.05, 0) is 181 Å². The third-order valence-electron chi connectivity index (χ3n) is 18.1. The minimum absolute atomic E-state index is 0.0751. The molecule has 7 unspecified atom stereocenters. The van der Waals surface area contributed by atoms with Crippen molar-refractivity contribution in [2.75, 3.05) is 14.7 Å². The van der Waals surface area contributed by atoms with Gasteiger partial charge in [-0.1, -0.05) is 139 Å². The van der Waals surface area contributed by atoms with E-state index < -0.39 is 8.80 Å². The quantitative estimate of drug-likeness (QED) is 0.154. The normalized spacial score (nSPS) is 25.4.